The topological polar surface area (TPSA) is 37.4 Å². The molecule has 110 valence electrons. The van der Waals surface area contributed by atoms with E-state index in [0.717, 1.165) is 19.0 Å². The van der Waals surface area contributed by atoms with Crippen LogP contribution in [0.3, 0.4) is 0 Å². The van der Waals surface area contributed by atoms with Crippen LogP contribution in [-0.4, -0.2) is 35.9 Å². The van der Waals surface area contributed by atoms with Crippen molar-refractivity contribution in [1.29, 1.82) is 0 Å². The van der Waals surface area contributed by atoms with Gasteiger partial charge in [-0.15, -0.1) is 0 Å². The highest BCUT2D eigenvalue weighted by Crippen LogP contribution is 2.20. The molecule has 1 atom stereocenters. The van der Waals surface area contributed by atoms with E-state index in [1.165, 1.54) is 6.92 Å². The lowest BCUT2D eigenvalue weighted by molar-refractivity contribution is -0.185. The summed E-state index contributed by atoms with van der Waals surface area (Å²) in [6.45, 7) is 3.23. The van der Waals surface area contributed by atoms with Crippen LogP contribution in [0.15, 0.2) is 24.3 Å². The molecule has 3 nitrogen and oxygen atoms in total. The second-order valence-corrected chi connectivity index (χ2v) is 4.50. The second kappa shape index (κ2) is 6.07. The Hall–Kier alpha value is -1.85. The fraction of sp³-hybridized carbons (Fsp3) is 0.429. The number of nitrogens with zero attached hydrogens (tertiary/aromatic N) is 1. The van der Waals surface area contributed by atoms with Crippen molar-refractivity contribution in [2.45, 2.75) is 32.5 Å². The number of ketones is 1. The highest BCUT2D eigenvalue weighted by Gasteiger charge is 2.43. The molecule has 0 N–H and O–H groups in total. The van der Waals surface area contributed by atoms with Crippen LogP contribution >= 0.6 is 0 Å². The van der Waals surface area contributed by atoms with Gasteiger partial charge in [0.15, 0.2) is 5.78 Å². The van der Waals surface area contributed by atoms with Crippen LogP contribution in [0.2, 0.25) is 0 Å². The molecule has 0 aliphatic rings. The van der Waals surface area contributed by atoms with Gasteiger partial charge in [-0.2, -0.15) is 13.2 Å². The van der Waals surface area contributed by atoms with Gasteiger partial charge in [0.25, 0.3) is 0 Å². The Kier molecular flexibility index (Phi) is 4.92. The standard InChI is InChI=1S/C14H16F3NO2/c1-4-10-5-7-11(8-6-10)12(19)9(2)18(3)13(20)14(15,16)17/h5-9H,4H2,1-3H3. The molecule has 0 fully saturated rings. The van der Waals surface area contributed by atoms with Crippen molar-refractivity contribution in [3.05, 3.63) is 35.4 Å². The number of carbonyl (C=O) groups excluding carboxylic acids is 2. The quantitative estimate of drug-likeness (QED) is 0.799. The molecule has 0 spiro atoms. The fourth-order valence-electron chi connectivity index (χ4n) is 1.70. The number of hydrogen-bond acceptors (Lipinski definition) is 2. The molecule has 0 bridgehead atoms. The maximum Gasteiger partial charge on any atom is 0.471 e. The van der Waals surface area contributed by atoms with Crippen molar-refractivity contribution in [3.8, 4) is 0 Å². The minimum atomic E-state index is -4.98. The van der Waals surface area contributed by atoms with Gasteiger partial charge in [0.2, 0.25) is 0 Å². The maximum absolute atomic E-state index is 12.3. The number of likely N-dealkylation sites (N-methyl/N-ethyl adjacent to an activating group) is 1. The van der Waals surface area contributed by atoms with Crippen LogP contribution in [0.1, 0.15) is 29.8 Å². The lowest BCUT2D eigenvalue weighted by atomic mass is 10.0. The van der Waals surface area contributed by atoms with E-state index in [2.05, 4.69) is 0 Å². The molecule has 0 saturated carbocycles. The first-order valence-corrected chi connectivity index (χ1v) is 6.15. The third-order valence-electron chi connectivity index (χ3n) is 3.17. The molecular weight excluding hydrogens is 271 g/mol. The number of rotatable bonds is 4. The molecule has 1 unspecified atom stereocenters. The Morgan fingerprint density at radius 3 is 2.10 bits per heavy atom. The summed E-state index contributed by atoms with van der Waals surface area (Å²) in [5.74, 6) is -2.55. The van der Waals surface area contributed by atoms with Crippen molar-refractivity contribution in [2.24, 2.45) is 0 Å². The van der Waals surface area contributed by atoms with Crippen LogP contribution < -0.4 is 0 Å². The van der Waals surface area contributed by atoms with Crippen LogP contribution in [0.5, 0.6) is 0 Å². The zero-order valence-electron chi connectivity index (χ0n) is 11.5. The number of aryl methyl sites for hydroxylation is 1. The molecule has 1 aromatic rings. The molecule has 1 amide bonds. The van der Waals surface area contributed by atoms with E-state index in [4.69, 9.17) is 0 Å². The summed E-state index contributed by atoms with van der Waals surface area (Å²) in [4.78, 5) is 23.6. The van der Waals surface area contributed by atoms with Gasteiger partial charge in [-0.05, 0) is 18.9 Å². The average Bonchev–Trinajstić information content (AvgIpc) is 2.43. The Balaban J connectivity index is 2.88. The van der Waals surface area contributed by atoms with Gasteiger partial charge in [0, 0.05) is 12.6 Å². The summed E-state index contributed by atoms with van der Waals surface area (Å²) in [6.07, 6.45) is -4.17. The second-order valence-electron chi connectivity index (χ2n) is 4.50. The van der Waals surface area contributed by atoms with Crippen molar-refractivity contribution in [1.82, 2.24) is 4.90 Å². The van der Waals surface area contributed by atoms with Crippen LogP contribution in [0.25, 0.3) is 0 Å². The summed E-state index contributed by atoms with van der Waals surface area (Å²) in [5, 5.41) is 0. The Bertz CT molecular complexity index is 494. The fourth-order valence-corrected chi connectivity index (χ4v) is 1.70. The summed E-state index contributed by atoms with van der Waals surface area (Å²) in [7, 11) is 0.971. The molecule has 1 aromatic carbocycles. The smallest absolute Gasteiger partial charge is 0.328 e. The third-order valence-corrected chi connectivity index (χ3v) is 3.17. The monoisotopic (exact) mass is 287 g/mol. The first-order valence-electron chi connectivity index (χ1n) is 6.15. The SMILES string of the molecule is CCc1ccc(C(=O)C(C)N(C)C(=O)C(F)(F)F)cc1. The Morgan fingerprint density at radius 2 is 1.70 bits per heavy atom. The summed E-state index contributed by atoms with van der Waals surface area (Å²) < 4.78 is 37.0. The van der Waals surface area contributed by atoms with Crippen molar-refractivity contribution < 1.29 is 22.8 Å². The predicted octanol–water partition coefficient (Wildman–Crippen LogP) is 2.84. The minimum Gasteiger partial charge on any atom is -0.328 e. The highest BCUT2D eigenvalue weighted by atomic mass is 19.4. The number of amides is 1. The molecule has 20 heavy (non-hydrogen) atoms. The molecule has 0 saturated heterocycles. The number of carbonyl (C=O) groups is 2. The highest BCUT2D eigenvalue weighted by molar-refractivity contribution is 6.02. The van der Waals surface area contributed by atoms with Crippen molar-refractivity contribution in [2.75, 3.05) is 7.05 Å². The van der Waals surface area contributed by atoms with Gasteiger partial charge in [-0.3, -0.25) is 9.59 Å². The predicted molar refractivity (Wildman–Crippen MR) is 68.4 cm³/mol. The lowest BCUT2D eigenvalue weighted by Gasteiger charge is -2.24. The van der Waals surface area contributed by atoms with Gasteiger partial charge < -0.3 is 4.90 Å². The van der Waals surface area contributed by atoms with E-state index < -0.39 is 23.9 Å². The van der Waals surface area contributed by atoms with Crippen LogP contribution in [-0.2, 0) is 11.2 Å². The summed E-state index contributed by atoms with van der Waals surface area (Å²) >= 11 is 0. The first kappa shape index (κ1) is 16.2. The van der Waals surface area contributed by atoms with E-state index in [0.29, 0.717) is 4.90 Å². The molecule has 6 heteroatoms. The molecule has 0 aliphatic heterocycles. The lowest BCUT2D eigenvalue weighted by Crippen LogP contribution is -2.46. The number of alkyl halides is 3. The van der Waals surface area contributed by atoms with Gasteiger partial charge in [0.1, 0.15) is 0 Å². The molecule has 0 aliphatic carbocycles. The number of halogens is 3. The molecule has 1 rings (SSSR count). The summed E-state index contributed by atoms with van der Waals surface area (Å²) in [6, 6.07) is 5.43. The minimum absolute atomic E-state index is 0.288. The first-order chi connectivity index (χ1) is 9.18. The normalized spacial score (nSPS) is 12.9. The van der Waals surface area contributed by atoms with Crippen LogP contribution in [0.4, 0.5) is 13.2 Å². The summed E-state index contributed by atoms with van der Waals surface area (Å²) in [5.41, 5.74) is 1.31. The molecule has 0 aromatic heterocycles. The third kappa shape index (κ3) is 3.59. The van der Waals surface area contributed by atoms with Gasteiger partial charge in [-0.25, -0.2) is 0 Å². The number of Topliss-reactive ketones (excluding diaryl/α,β-unsaturated/α-hetero) is 1. The van der Waals surface area contributed by atoms with Crippen LogP contribution in [0, 0.1) is 0 Å². The average molecular weight is 287 g/mol. The van der Waals surface area contributed by atoms with Crippen molar-refractivity contribution >= 4 is 11.7 Å². The van der Waals surface area contributed by atoms with Gasteiger partial charge in [-0.1, -0.05) is 31.2 Å². The molecule has 0 heterocycles. The Labute approximate surface area is 115 Å². The Morgan fingerprint density at radius 1 is 1.20 bits per heavy atom. The van der Waals surface area contributed by atoms with E-state index in [9.17, 15) is 22.8 Å². The zero-order chi connectivity index (χ0) is 15.5. The van der Waals surface area contributed by atoms with E-state index in [1.807, 2.05) is 6.92 Å². The van der Waals surface area contributed by atoms with E-state index >= 15 is 0 Å². The number of benzene rings is 1. The zero-order valence-corrected chi connectivity index (χ0v) is 11.5. The number of hydrogen-bond donors (Lipinski definition) is 0. The van der Waals surface area contributed by atoms with Crippen molar-refractivity contribution in [3.63, 3.8) is 0 Å². The maximum atomic E-state index is 12.3. The molecule has 0 radical (unpaired) electrons. The van der Waals surface area contributed by atoms with E-state index in [-0.39, 0.29) is 5.56 Å². The van der Waals surface area contributed by atoms with Gasteiger partial charge >= 0.3 is 12.1 Å². The van der Waals surface area contributed by atoms with E-state index in [1.54, 1.807) is 24.3 Å². The molecular formula is C14H16F3NO2. The van der Waals surface area contributed by atoms with Gasteiger partial charge in [0.05, 0.1) is 6.04 Å². The largest absolute Gasteiger partial charge is 0.471 e.